The fourth-order valence-electron chi connectivity index (χ4n) is 4.69. The van der Waals surface area contributed by atoms with Gasteiger partial charge in [-0.15, -0.1) is 0 Å². The first-order valence-electron chi connectivity index (χ1n) is 11.3. The van der Waals surface area contributed by atoms with Gasteiger partial charge in [0.15, 0.2) is 0 Å². The lowest BCUT2D eigenvalue weighted by molar-refractivity contribution is -0.117. The molecule has 2 aliphatic heterocycles. The van der Waals surface area contributed by atoms with Crippen LogP contribution in [-0.2, 0) is 20.8 Å². The number of carbonyl (C=O) groups excluding carboxylic acids is 1. The van der Waals surface area contributed by atoms with Crippen LogP contribution in [0, 0.1) is 0 Å². The average molecular weight is 471 g/mol. The fraction of sp³-hybridized carbons (Fsp3) is 0.222. The number of rotatable bonds is 7. The van der Waals surface area contributed by atoms with E-state index in [-0.39, 0.29) is 11.5 Å². The van der Waals surface area contributed by atoms with E-state index in [0.29, 0.717) is 31.2 Å². The van der Waals surface area contributed by atoms with Gasteiger partial charge in [0, 0.05) is 24.9 Å². The Morgan fingerprint density at radius 2 is 1.74 bits per heavy atom. The molecule has 3 aromatic rings. The molecule has 35 heavy (non-hydrogen) atoms. The van der Waals surface area contributed by atoms with E-state index >= 15 is 0 Å². The van der Waals surface area contributed by atoms with Crippen molar-refractivity contribution < 1.29 is 19.4 Å². The molecule has 0 fully saturated rings. The third kappa shape index (κ3) is 4.02. The number of ether oxygens (including phenoxy) is 2. The molecule has 8 heteroatoms. The third-order valence-electron chi connectivity index (χ3n) is 6.28. The highest BCUT2D eigenvalue weighted by molar-refractivity contribution is 6.10. The Balaban J connectivity index is 1.74. The summed E-state index contributed by atoms with van der Waals surface area (Å²) in [5.74, 6) is -0.269. The van der Waals surface area contributed by atoms with Gasteiger partial charge >= 0.3 is 0 Å². The van der Waals surface area contributed by atoms with Gasteiger partial charge in [-0.05, 0) is 17.2 Å². The van der Waals surface area contributed by atoms with E-state index in [0.717, 1.165) is 22.4 Å². The summed E-state index contributed by atoms with van der Waals surface area (Å²) in [6.07, 6.45) is 3.48. The van der Waals surface area contributed by atoms with Crippen molar-refractivity contribution in [2.45, 2.75) is 12.6 Å². The molecular formula is C27H26N4O4. The Kier molecular flexibility index (Phi) is 6.20. The number of carbonyl (C=O) groups is 1. The Labute approximate surface area is 203 Å². The van der Waals surface area contributed by atoms with Gasteiger partial charge in [-0.1, -0.05) is 60.7 Å². The van der Waals surface area contributed by atoms with Crippen LogP contribution in [-0.4, -0.2) is 53.3 Å². The van der Waals surface area contributed by atoms with Gasteiger partial charge in [0.05, 0.1) is 32.0 Å². The quantitative estimate of drug-likeness (QED) is 0.413. The Bertz CT molecular complexity index is 1290. The summed E-state index contributed by atoms with van der Waals surface area (Å²) in [7, 11) is 2.99. The maximum atomic E-state index is 14.0. The van der Waals surface area contributed by atoms with Crippen LogP contribution < -0.4 is 4.90 Å². The van der Waals surface area contributed by atoms with Gasteiger partial charge < -0.3 is 19.5 Å². The van der Waals surface area contributed by atoms with Crippen LogP contribution in [0.4, 0.5) is 5.82 Å². The predicted molar refractivity (Wildman–Crippen MR) is 132 cm³/mol. The lowest BCUT2D eigenvalue weighted by Crippen LogP contribution is -2.46. The van der Waals surface area contributed by atoms with Gasteiger partial charge in [-0.3, -0.25) is 9.69 Å². The summed E-state index contributed by atoms with van der Waals surface area (Å²) in [5.41, 5.74) is 4.36. The zero-order valence-corrected chi connectivity index (χ0v) is 19.6. The maximum absolute atomic E-state index is 14.0. The molecule has 2 aromatic carbocycles. The van der Waals surface area contributed by atoms with Crippen molar-refractivity contribution in [2.24, 2.45) is 0 Å². The summed E-state index contributed by atoms with van der Waals surface area (Å²) in [6, 6.07) is 18.9. The lowest BCUT2D eigenvalue weighted by Gasteiger charge is -2.44. The number of amides is 1. The minimum atomic E-state index is -0.643. The van der Waals surface area contributed by atoms with Gasteiger partial charge in [-0.2, -0.15) is 0 Å². The first-order valence-corrected chi connectivity index (χ1v) is 11.3. The highest BCUT2D eigenvalue weighted by atomic mass is 16.6. The van der Waals surface area contributed by atoms with E-state index in [1.807, 2.05) is 66.7 Å². The highest BCUT2D eigenvalue weighted by Gasteiger charge is 2.46. The van der Waals surface area contributed by atoms with Crippen LogP contribution in [0.5, 0.6) is 0 Å². The van der Waals surface area contributed by atoms with Crippen LogP contribution in [0.1, 0.15) is 28.4 Å². The molecule has 0 spiro atoms. The molecule has 1 unspecified atom stereocenters. The molecule has 3 heterocycles. The molecule has 1 atom stereocenters. The summed E-state index contributed by atoms with van der Waals surface area (Å²) in [6.45, 7) is 1.19. The monoisotopic (exact) mass is 470 g/mol. The van der Waals surface area contributed by atoms with Crippen LogP contribution in [0.15, 0.2) is 78.5 Å². The number of nitrogens with zero attached hydrogens (tertiary/aromatic N) is 4. The maximum Gasteiger partial charge on any atom is 0.287 e. The van der Waals surface area contributed by atoms with Crippen LogP contribution in [0.3, 0.4) is 0 Å². The molecule has 0 aliphatic carbocycles. The molecule has 1 amide bonds. The van der Waals surface area contributed by atoms with E-state index in [4.69, 9.17) is 9.47 Å². The number of hydrogen-bond acceptors (Lipinski definition) is 7. The summed E-state index contributed by atoms with van der Waals surface area (Å²) >= 11 is 0. The van der Waals surface area contributed by atoms with Crippen molar-refractivity contribution >= 4 is 23.5 Å². The molecule has 0 saturated carbocycles. The van der Waals surface area contributed by atoms with Gasteiger partial charge in [-0.25, -0.2) is 9.97 Å². The lowest BCUT2D eigenvalue weighted by atomic mass is 9.86. The van der Waals surface area contributed by atoms with Crippen molar-refractivity contribution in [1.82, 2.24) is 14.9 Å². The van der Waals surface area contributed by atoms with Crippen LogP contribution in [0.25, 0.3) is 11.8 Å². The fourth-order valence-corrected chi connectivity index (χ4v) is 4.69. The Morgan fingerprint density at radius 3 is 2.43 bits per heavy atom. The minimum Gasteiger partial charge on any atom is -0.481 e. The molecular weight excluding hydrogens is 444 g/mol. The first kappa shape index (κ1) is 22.6. The van der Waals surface area contributed by atoms with E-state index < -0.39 is 12.0 Å². The van der Waals surface area contributed by atoms with Crippen molar-refractivity contribution in [2.75, 3.05) is 32.3 Å². The summed E-state index contributed by atoms with van der Waals surface area (Å²) in [5, 5.41) is 10.9. The van der Waals surface area contributed by atoms with E-state index in [2.05, 4.69) is 14.9 Å². The zero-order chi connectivity index (χ0) is 24.4. The van der Waals surface area contributed by atoms with Crippen molar-refractivity contribution in [3.8, 4) is 0 Å². The molecule has 8 nitrogen and oxygen atoms in total. The molecule has 178 valence electrons. The first-order chi connectivity index (χ1) is 17.1. The van der Waals surface area contributed by atoms with Crippen LogP contribution >= 0.6 is 0 Å². The normalized spacial score (nSPS) is 18.2. The van der Waals surface area contributed by atoms with Gasteiger partial charge in [0.1, 0.15) is 17.7 Å². The zero-order valence-electron chi connectivity index (χ0n) is 19.6. The van der Waals surface area contributed by atoms with Crippen LogP contribution in [0.2, 0.25) is 0 Å². The number of benzene rings is 2. The topological polar surface area (TPSA) is 88.0 Å². The average Bonchev–Trinajstić information content (AvgIpc) is 2.90. The van der Waals surface area contributed by atoms with E-state index in [1.165, 1.54) is 13.4 Å². The SMILES string of the molecule is COCCN1C(c2ccccc2)=Cc2ncnc3c2C1/C(=C(/O)OC)C(=O)N3Cc1ccccc1. The third-order valence-corrected chi connectivity index (χ3v) is 6.28. The second-order valence-electron chi connectivity index (χ2n) is 8.28. The Hall–Kier alpha value is -4.17. The second-order valence-corrected chi connectivity index (χ2v) is 8.28. The minimum absolute atomic E-state index is 0.143. The van der Waals surface area contributed by atoms with E-state index in [1.54, 1.807) is 12.0 Å². The molecule has 1 aromatic heterocycles. The molecule has 5 rings (SSSR count). The number of aromatic nitrogens is 2. The van der Waals surface area contributed by atoms with Crippen molar-refractivity contribution in [3.63, 3.8) is 0 Å². The predicted octanol–water partition coefficient (Wildman–Crippen LogP) is 3.94. The molecule has 0 saturated heterocycles. The highest BCUT2D eigenvalue weighted by Crippen LogP contribution is 2.49. The second kappa shape index (κ2) is 9.60. The van der Waals surface area contributed by atoms with Crippen molar-refractivity contribution in [3.05, 3.63) is 101 Å². The molecule has 2 aliphatic rings. The molecule has 0 radical (unpaired) electrons. The van der Waals surface area contributed by atoms with Gasteiger partial charge in [0.25, 0.3) is 11.9 Å². The van der Waals surface area contributed by atoms with Crippen molar-refractivity contribution in [1.29, 1.82) is 0 Å². The number of aliphatic hydroxyl groups is 1. The number of hydrogen-bond donors (Lipinski definition) is 1. The molecule has 0 bridgehead atoms. The number of anilines is 1. The largest absolute Gasteiger partial charge is 0.481 e. The Morgan fingerprint density at radius 1 is 1.03 bits per heavy atom. The number of aliphatic hydroxyl groups excluding tert-OH is 1. The standard InChI is InChI=1S/C27H26N4O4/c1-34-14-13-30-21(19-11-7-4-8-12-19)15-20-22-24(30)23(27(33)35-2)26(32)31(25(22)29-17-28-20)16-18-9-5-3-6-10-18/h3-12,15,17,24,33H,13-14,16H2,1-2H3/b27-23+. The smallest absolute Gasteiger partial charge is 0.287 e. The summed E-state index contributed by atoms with van der Waals surface area (Å²) in [4.78, 5) is 26.7. The van der Waals surface area contributed by atoms with E-state index in [9.17, 15) is 9.90 Å². The molecule has 1 N–H and O–H groups in total. The summed E-state index contributed by atoms with van der Waals surface area (Å²) < 4.78 is 10.6. The van der Waals surface area contributed by atoms with Gasteiger partial charge in [0.2, 0.25) is 0 Å². The number of methoxy groups -OCH3 is 2.